The van der Waals surface area contributed by atoms with E-state index >= 15 is 0 Å². The van der Waals surface area contributed by atoms with Crippen molar-refractivity contribution in [3.63, 3.8) is 0 Å². The number of aromatic nitrogens is 1. The van der Waals surface area contributed by atoms with E-state index in [9.17, 15) is 13.9 Å². The summed E-state index contributed by atoms with van der Waals surface area (Å²) in [4.78, 5) is 4.22. The van der Waals surface area contributed by atoms with Gasteiger partial charge in [0.15, 0.2) is 0 Å². The van der Waals surface area contributed by atoms with Crippen molar-refractivity contribution < 1.29 is 19.0 Å². The van der Waals surface area contributed by atoms with Crippen LogP contribution in [0.3, 0.4) is 0 Å². The Morgan fingerprint density at radius 1 is 1.09 bits per heavy atom. The molecule has 0 aliphatic carbocycles. The third kappa shape index (κ3) is 4.57. The average Bonchev–Trinajstić information content (AvgIpc) is 2.85. The normalized spacial score (nSPS) is 12.9. The number of pyridine rings is 1. The van der Waals surface area contributed by atoms with Crippen LogP contribution in [0.25, 0.3) is 22.0 Å². The molecule has 0 bridgehead atoms. The fourth-order valence-electron chi connectivity index (χ4n) is 3.79. The van der Waals surface area contributed by atoms with E-state index in [1.165, 1.54) is 30.5 Å². The van der Waals surface area contributed by atoms with Gasteiger partial charge in [-0.1, -0.05) is 35.9 Å². The lowest BCUT2D eigenvalue weighted by molar-refractivity contribution is 0.0956. The van der Waals surface area contributed by atoms with Crippen LogP contribution >= 0.6 is 11.6 Å². The standard InChI is InChI=1S/C26H20ClF2N3O2/c1-14(18-8-15(11-30)2-7-22(18)28)32-26-20-9-19(23(29)10-24(20)31-12-21(26)27)16-3-5-17(6-4-16)25(34)13-33/h2-10,12,14,25,33-34H,13H2,1H3,(H,31,32). The van der Waals surface area contributed by atoms with Crippen molar-refractivity contribution >= 4 is 28.2 Å². The molecule has 3 N–H and O–H groups in total. The number of nitriles is 1. The molecule has 1 heterocycles. The monoisotopic (exact) mass is 479 g/mol. The van der Waals surface area contributed by atoms with E-state index in [2.05, 4.69) is 10.3 Å². The van der Waals surface area contributed by atoms with Crippen LogP contribution in [0.4, 0.5) is 14.5 Å². The van der Waals surface area contributed by atoms with Crippen LogP contribution in [0, 0.1) is 23.0 Å². The largest absolute Gasteiger partial charge is 0.393 e. The van der Waals surface area contributed by atoms with Crippen LogP contribution in [0.1, 0.15) is 35.8 Å². The SMILES string of the molecule is CC(Nc1c(Cl)cnc2cc(F)c(-c3ccc(C(O)CO)cc3)cc12)c1cc(C#N)ccc1F. The molecule has 3 aromatic carbocycles. The molecule has 34 heavy (non-hydrogen) atoms. The van der Waals surface area contributed by atoms with E-state index < -0.39 is 30.4 Å². The number of nitrogens with one attached hydrogen (secondary N) is 1. The molecule has 8 heteroatoms. The zero-order valence-electron chi connectivity index (χ0n) is 18.1. The average molecular weight is 480 g/mol. The number of fused-ring (bicyclic) bond motifs is 1. The Balaban J connectivity index is 1.78. The summed E-state index contributed by atoms with van der Waals surface area (Å²) in [6, 6.07) is 15.0. The van der Waals surface area contributed by atoms with E-state index in [0.717, 1.165) is 0 Å². The van der Waals surface area contributed by atoms with Crippen LogP contribution in [0.15, 0.2) is 60.8 Å². The minimum atomic E-state index is -1.02. The molecule has 0 saturated heterocycles. The van der Waals surface area contributed by atoms with Gasteiger partial charge in [0.05, 0.1) is 40.5 Å². The lowest BCUT2D eigenvalue weighted by Crippen LogP contribution is -2.10. The number of anilines is 1. The highest BCUT2D eigenvalue weighted by molar-refractivity contribution is 6.34. The van der Waals surface area contributed by atoms with Crippen LogP contribution < -0.4 is 5.32 Å². The van der Waals surface area contributed by atoms with Gasteiger partial charge in [0, 0.05) is 28.8 Å². The molecular formula is C26H20ClF2N3O2. The summed E-state index contributed by atoms with van der Waals surface area (Å²) in [6.45, 7) is 1.32. The number of halogens is 3. The van der Waals surface area contributed by atoms with Crippen LogP contribution in [0.2, 0.25) is 5.02 Å². The summed E-state index contributed by atoms with van der Waals surface area (Å²) in [5, 5.41) is 32.0. The molecule has 0 spiro atoms. The number of hydrogen-bond donors (Lipinski definition) is 3. The first-order valence-electron chi connectivity index (χ1n) is 10.5. The van der Waals surface area contributed by atoms with Crippen molar-refractivity contribution in [3.05, 3.63) is 94.1 Å². The summed E-state index contributed by atoms with van der Waals surface area (Å²) in [7, 11) is 0. The zero-order valence-corrected chi connectivity index (χ0v) is 18.8. The molecular weight excluding hydrogens is 460 g/mol. The molecule has 2 atom stereocenters. The Morgan fingerprint density at radius 2 is 1.82 bits per heavy atom. The fourth-order valence-corrected chi connectivity index (χ4v) is 3.99. The van der Waals surface area contributed by atoms with Gasteiger partial charge in [0.25, 0.3) is 0 Å². The summed E-state index contributed by atoms with van der Waals surface area (Å²) >= 11 is 6.43. The smallest absolute Gasteiger partial charge is 0.133 e. The molecule has 0 radical (unpaired) electrons. The number of nitrogens with zero attached hydrogens (tertiary/aromatic N) is 2. The van der Waals surface area contributed by atoms with E-state index in [1.54, 1.807) is 37.3 Å². The first-order chi connectivity index (χ1) is 16.3. The minimum absolute atomic E-state index is 0.273. The van der Waals surface area contributed by atoms with Gasteiger partial charge in [-0.15, -0.1) is 0 Å². The molecule has 1 aromatic heterocycles. The summed E-state index contributed by atoms with van der Waals surface area (Å²) in [6.07, 6.45) is 0.376. The molecule has 0 fully saturated rings. The second kappa shape index (κ2) is 9.74. The lowest BCUT2D eigenvalue weighted by atomic mass is 9.99. The van der Waals surface area contributed by atoms with Gasteiger partial charge in [-0.2, -0.15) is 5.26 Å². The molecule has 0 aliphatic rings. The number of benzene rings is 3. The Kier molecular flexibility index (Phi) is 6.75. The van der Waals surface area contributed by atoms with Gasteiger partial charge in [-0.3, -0.25) is 4.98 Å². The minimum Gasteiger partial charge on any atom is -0.393 e. The molecule has 0 saturated carbocycles. The van der Waals surface area contributed by atoms with Gasteiger partial charge >= 0.3 is 0 Å². The second-order valence-corrected chi connectivity index (χ2v) is 8.27. The predicted molar refractivity (Wildman–Crippen MR) is 127 cm³/mol. The number of aliphatic hydroxyl groups is 2. The highest BCUT2D eigenvalue weighted by atomic mass is 35.5. The summed E-state index contributed by atoms with van der Waals surface area (Å²) in [5.74, 6) is -0.963. The molecule has 172 valence electrons. The lowest BCUT2D eigenvalue weighted by Gasteiger charge is -2.20. The van der Waals surface area contributed by atoms with Crippen LogP contribution in [-0.4, -0.2) is 21.8 Å². The predicted octanol–water partition coefficient (Wildman–Crippen LogP) is 5.90. The van der Waals surface area contributed by atoms with Gasteiger partial charge < -0.3 is 15.5 Å². The molecule has 5 nitrogen and oxygen atoms in total. The van der Waals surface area contributed by atoms with Crippen LogP contribution in [-0.2, 0) is 0 Å². The van der Waals surface area contributed by atoms with Crippen molar-refractivity contribution in [1.82, 2.24) is 4.98 Å². The Labute approximate surface area is 199 Å². The van der Waals surface area contributed by atoms with Gasteiger partial charge in [-0.05, 0) is 42.3 Å². The Hall–Kier alpha value is -3.57. The van der Waals surface area contributed by atoms with Crippen molar-refractivity contribution in [2.45, 2.75) is 19.1 Å². The number of aliphatic hydroxyl groups excluding tert-OH is 2. The number of hydrogen-bond acceptors (Lipinski definition) is 5. The Morgan fingerprint density at radius 3 is 2.50 bits per heavy atom. The summed E-state index contributed by atoms with van der Waals surface area (Å²) < 4.78 is 29.4. The maximum Gasteiger partial charge on any atom is 0.133 e. The van der Waals surface area contributed by atoms with Gasteiger partial charge in [0.1, 0.15) is 17.7 Å². The Bertz CT molecular complexity index is 1400. The highest BCUT2D eigenvalue weighted by Crippen LogP contribution is 2.37. The maximum atomic E-state index is 15.0. The maximum absolute atomic E-state index is 15.0. The molecule has 4 rings (SSSR count). The van der Waals surface area contributed by atoms with E-state index in [-0.39, 0.29) is 10.6 Å². The summed E-state index contributed by atoms with van der Waals surface area (Å²) in [5.41, 5.74) is 2.79. The number of rotatable bonds is 6. The van der Waals surface area contributed by atoms with Crippen LogP contribution in [0.5, 0.6) is 0 Å². The highest BCUT2D eigenvalue weighted by Gasteiger charge is 2.18. The quantitative estimate of drug-likeness (QED) is 0.320. The zero-order chi connectivity index (χ0) is 24.4. The molecule has 2 unspecified atom stereocenters. The first kappa shape index (κ1) is 23.6. The third-order valence-corrected chi connectivity index (χ3v) is 5.93. The van der Waals surface area contributed by atoms with Gasteiger partial charge in [-0.25, -0.2) is 8.78 Å². The van der Waals surface area contributed by atoms with Crippen molar-refractivity contribution in [3.8, 4) is 17.2 Å². The topological polar surface area (TPSA) is 89.2 Å². The second-order valence-electron chi connectivity index (χ2n) is 7.86. The van der Waals surface area contributed by atoms with E-state index in [1.807, 2.05) is 6.07 Å². The van der Waals surface area contributed by atoms with Gasteiger partial charge in [0.2, 0.25) is 0 Å². The van der Waals surface area contributed by atoms with E-state index in [0.29, 0.717) is 38.8 Å². The molecule has 0 amide bonds. The van der Waals surface area contributed by atoms with E-state index in [4.69, 9.17) is 22.0 Å². The fraction of sp³-hybridized carbons (Fsp3) is 0.154. The molecule has 4 aromatic rings. The van der Waals surface area contributed by atoms with Crippen molar-refractivity contribution in [2.75, 3.05) is 11.9 Å². The van der Waals surface area contributed by atoms with Crippen molar-refractivity contribution in [1.29, 1.82) is 5.26 Å². The third-order valence-electron chi connectivity index (χ3n) is 5.64. The first-order valence-corrected chi connectivity index (χ1v) is 10.8. The molecule has 0 aliphatic heterocycles. The van der Waals surface area contributed by atoms with Crippen molar-refractivity contribution in [2.24, 2.45) is 0 Å².